The van der Waals surface area contributed by atoms with Crippen molar-refractivity contribution in [2.45, 2.75) is 26.3 Å². The van der Waals surface area contributed by atoms with Crippen molar-refractivity contribution in [3.8, 4) is 5.75 Å². The molecule has 0 aliphatic heterocycles. The molecular weight excluding hydrogens is 291 g/mol. The van der Waals surface area contributed by atoms with E-state index in [4.69, 9.17) is 10.2 Å². The minimum Gasteiger partial charge on any atom is -0.503 e. The molecule has 0 fully saturated rings. The second kappa shape index (κ2) is 6.47. The number of carbonyl (C=O) groups excluding carboxylic acids is 1. The highest BCUT2D eigenvalue weighted by atomic mass is 19.2. The predicted molar refractivity (Wildman–Crippen MR) is 66.3 cm³/mol. The van der Waals surface area contributed by atoms with Crippen molar-refractivity contribution in [1.29, 1.82) is 0 Å². The Labute approximate surface area is 118 Å². The van der Waals surface area contributed by atoms with Crippen LogP contribution in [0.3, 0.4) is 0 Å². The minimum atomic E-state index is -1.82. The average Bonchev–Trinajstić information content (AvgIpc) is 2.38. The van der Waals surface area contributed by atoms with E-state index in [0.29, 0.717) is 0 Å². The van der Waals surface area contributed by atoms with Gasteiger partial charge < -0.3 is 15.5 Å². The maximum atomic E-state index is 13.5. The summed E-state index contributed by atoms with van der Waals surface area (Å²) in [5.41, 5.74) is -0.971. The normalized spacial score (nSPS) is 12.3. The van der Waals surface area contributed by atoms with Crippen molar-refractivity contribution in [2.24, 2.45) is 5.92 Å². The summed E-state index contributed by atoms with van der Waals surface area (Å²) in [6.07, 6.45) is 0.0678. The third kappa shape index (κ3) is 3.87. The monoisotopic (exact) mass is 305 g/mol. The maximum Gasteiger partial charge on any atom is 0.326 e. The molecule has 0 saturated carbocycles. The first-order chi connectivity index (χ1) is 9.65. The van der Waals surface area contributed by atoms with Crippen LogP contribution in [0.1, 0.15) is 30.6 Å². The van der Waals surface area contributed by atoms with Crippen LogP contribution >= 0.6 is 0 Å². The van der Waals surface area contributed by atoms with Gasteiger partial charge in [-0.2, -0.15) is 4.39 Å². The highest BCUT2D eigenvalue weighted by molar-refractivity contribution is 5.97. The van der Waals surface area contributed by atoms with Crippen LogP contribution in [0, 0.1) is 23.4 Å². The van der Waals surface area contributed by atoms with E-state index in [1.807, 2.05) is 5.32 Å². The van der Waals surface area contributed by atoms with Gasteiger partial charge in [-0.15, -0.1) is 0 Å². The number of aliphatic carboxylic acids is 1. The van der Waals surface area contributed by atoms with Gasteiger partial charge in [-0.1, -0.05) is 13.8 Å². The molecule has 0 heterocycles. The average molecular weight is 305 g/mol. The molecule has 0 aromatic heterocycles. The molecule has 1 unspecified atom stereocenters. The topological polar surface area (TPSA) is 86.6 Å². The Hall–Kier alpha value is -2.25. The smallest absolute Gasteiger partial charge is 0.326 e. The molecule has 1 aromatic rings. The van der Waals surface area contributed by atoms with E-state index in [-0.39, 0.29) is 18.4 Å². The van der Waals surface area contributed by atoms with Gasteiger partial charge in [0, 0.05) is 0 Å². The third-order valence-corrected chi connectivity index (χ3v) is 2.69. The summed E-state index contributed by atoms with van der Waals surface area (Å²) in [6, 6.07) is -1.05. The lowest BCUT2D eigenvalue weighted by Gasteiger charge is -2.17. The number of phenolic OH excluding ortho intramolecular Hbond substituents is 1. The molecule has 5 nitrogen and oxygen atoms in total. The predicted octanol–water partition coefficient (Wildman–Crippen LogP) is 2.04. The summed E-state index contributed by atoms with van der Waals surface area (Å²) in [6.45, 7) is 3.43. The molecule has 1 rings (SSSR count). The summed E-state index contributed by atoms with van der Waals surface area (Å²) in [5, 5.41) is 20.0. The molecule has 21 heavy (non-hydrogen) atoms. The second-order valence-corrected chi connectivity index (χ2v) is 4.88. The van der Waals surface area contributed by atoms with Crippen LogP contribution in [0.5, 0.6) is 5.75 Å². The fourth-order valence-corrected chi connectivity index (χ4v) is 1.68. The molecular formula is C13H14F3NO4. The van der Waals surface area contributed by atoms with Crippen molar-refractivity contribution in [2.75, 3.05) is 0 Å². The molecule has 0 aliphatic carbocycles. The van der Waals surface area contributed by atoms with Crippen LogP contribution in [0.2, 0.25) is 0 Å². The van der Waals surface area contributed by atoms with Gasteiger partial charge in [-0.3, -0.25) is 4.79 Å². The van der Waals surface area contributed by atoms with Gasteiger partial charge in [0.1, 0.15) is 6.04 Å². The highest BCUT2D eigenvalue weighted by Gasteiger charge is 2.26. The Kier molecular flexibility index (Phi) is 5.17. The lowest BCUT2D eigenvalue weighted by molar-refractivity contribution is -0.139. The van der Waals surface area contributed by atoms with E-state index in [1.165, 1.54) is 0 Å². The molecule has 1 atom stereocenters. The Balaban J connectivity index is 3.06. The number of amides is 1. The van der Waals surface area contributed by atoms with E-state index in [0.717, 1.165) is 0 Å². The van der Waals surface area contributed by atoms with E-state index in [1.54, 1.807) is 13.8 Å². The Morgan fingerprint density at radius 2 is 1.81 bits per heavy atom. The number of carboxylic acids is 1. The number of phenols is 1. The maximum absolute atomic E-state index is 13.5. The van der Waals surface area contributed by atoms with Gasteiger partial charge in [0.05, 0.1) is 5.56 Å². The van der Waals surface area contributed by atoms with Crippen molar-refractivity contribution < 1.29 is 33.0 Å². The summed E-state index contributed by atoms with van der Waals surface area (Å²) < 4.78 is 39.5. The molecule has 0 radical (unpaired) electrons. The molecule has 0 saturated heterocycles. The van der Waals surface area contributed by atoms with Crippen molar-refractivity contribution >= 4 is 11.9 Å². The zero-order chi connectivity index (χ0) is 16.3. The van der Waals surface area contributed by atoms with E-state index in [9.17, 15) is 22.8 Å². The number of carboxylic acid groups (broad SMARTS) is 1. The number of aromatic hydroxyl groups is 1. The van der Waals surface area contributed by atoms with Crippen LogP contribution in [-0.4, -0.2) is 28.1 Å². The molecule has 0 aliphatic rings. The molecule has 0 spiro atoms. The second-order valence-electron chi connectivity index (χ2n) is 4.88. The fourth-order valence-electron chi connectivity index (χ4n) is 1.68. The summed E-state index contributed by atoms with van der Waals surface area (Å²) in [7, 11) is 0. The first kappa shape index (κ1) is 16.8. The van der Waals surface area contributed by atoms with Crippen molar-refractivity contribution in [1.82, 2.24) is 5.32 Å². The molecule has 1 aromatic carbocycles. The standard InChI is InChI=1S/C13H14F3NO4/c1-5(2)3-8(13(20)21)17-12(19)6-4-7(14)10(16)11(18)9(6)15/h4-5,8,18H,3H2,1-2H3,(H,17,19)(H,20,21). The van der Waals surface area contributed by atoms with Gasteiger partial charge in [0.15, 0.2) is 17.4 Å². The molecule has 8 heteroatoms. The first-order valence-corrected chi connectivity index (χ1v) is 6.05. The SMILES string of the molecule is CC(C)CC(NC(=O)c1cc(F)c(F)c(O)c1F)C(=O)O. The Bertz CT molecular complexity index is 575. The lowest BCUT2D eigenvalue weighted by Crippen LogP contribution is -2.42. The number of hydrogen-bond donors (Lipinski definition) is 3. The van der Waals surface area contributed by atoms with Gasteiger partial charge >= 0.3 is 5.97 Å². The van der Waals surface area contributed by atoms with Gasteiger partial charge in [-0.25, -0.2) is 13.6 Å². The van der Waals surface area contributed by atoms with E-state index in [2.05, 4.69) is 0 Å². The largest absolute Gasteiger partial charge is 0.503 e. The number of rotatable bonds is 5. The van der Waals surface area contributed by atoms with Gasteiger partial charge in [0.25, 0.3) is 5.91 Å². The summed E-state index contributed by atoms with van der Waals surface area (Å²) in [5.74, 6) is -9.39. The molecule has 0 bridgehead atoms. The van der Waals surface area contributed by atoms with Crippen LogP contribution in [-0.2, 0) is 4.79 Å². The van der Waals surface area contributed by atoms with Crippen LogP contribution < -0.4 is 5.32 Å². The molecule has 1 amide bonds. The number of halogens is 3. The lowest BCUT2D eigenvalue weighted by atomic mass is 10.0. The molecule has 3 N–H and O–H groups in total. The highest BCUT2D eigenvalue weighted by Crippen LogP contribution is 2.25. The van der Waals surface area contributed by atoms with Gasteiger partial charge in [-0.05, 0) is 18.4 Å². The molecule has 116 valence electrons. The summed E-state index contributed by atoms with van der Waals surface area (Å²) >= 11 is 0. The number of carbonyl (C=O) groups is 2. The van der Waals surface area contributed by atoms with Crippen LogP contribution in [0.4, 0.5) is 13.2 Å². The van der Waals surface area contributed by atoms with Crippen molar-refractivity contribution in [3.05, 3.63) is 29.1 Å². The minimum absolute atomic E-state index is 0.0678. The Morgan fingerprint density at radius 3 is 2.29 bits per heavy atom. The number of hydrogen-bond acceptors (Lipinski definition) is 3. The van der Waals surface area contributed by atoms with E-state index < -0.39 is 46.7 Å². The van der Waals surface area contributed by atoms with E-state index >= 15 is 0 Å². The first-order valence-electron chi connectivity index (χ1n) is 6.05. The quantitative estimate of drug-likeness (QED) is 0.727. The fraction of sp³-hybridized carbons (Fsp3) is 0.385. The van der Waals surface area contributed by atoms with Crippen molar-refractivity contribution in [3.63, 3.8) is 0 Å². The zero-order valence-electron chi connectivity index (χ0n) is 11.3. The van der Waals surface area contributed by atoms with Crippen LogP contribution in [0.25, 0.3) is 0 Å². The van der Waals surface area contributed by atoms with Gasteiger partial charge in [0.2, 0.25) is 5.82 Å². The zero-order valence-corrected chi connectivity index (χ0v) is 11.3. The number of benzene rings is 1. The number of nitrogens with one attached hydrogen (secondary N) is 1. The summed E-state index contributed by atoms with van der Waals surface area (Å²) in [4.78, 5) is 22.7. The third-order valence-electron chi connectivity index (χ3n) is 2.69. The van der Waals surface area contributed by atoms with Crippen LogP contribution in [0.15, 0.2) is 6.07 Å². The Morgan fingerprint density at radius 1 is 1.24 bits per heavy atom.